The van der Waals surface area contributed by atoms with Gasteiger partial charge in [0.25, 0.3) is 0 Å². The molecular formula is C10H9Br2N. The summed E-state index contributed by atoms with van der Waals surface area (Å²) in [6.45, 7) is 0. The summed E-state index contributed by atoms with van der Waals surface area (Å²) in [5.41, 5.74) is 2.44. The molecule has 0 saturated heterocycles. The predicted molar refractivity (Wildman–Crippen MR) is 60.7 cm³/mol. The Hall–Kier alpha value is -0.330. The number of hydrogen-bond acceptors (Lipinski definition) is 1. The van der Waals surface area contributed by atoms with Crippen LogP contribution in [0.25, 0.3) is 0 Å². The van der Waals surface area contributed by atoms with Crippen LogP contribution in [0, 0.1) is 11.3 Å². The van der Waals surface area contributed by atoms with E-state index in [1.165, 1.54) is 11.1 Å². The predicted octanol–water partition coefficient (Wildman–Crippen LogP) is 3.80. The molecule has 0 aliphatic heterocycles. The number of hydrogen-bond donors (Lipinski definition) is 0. The Morgan fingerprint density at radius 1 is 1.38 bits per heavy atom. The van der Waals surface area contributed by atoms with Crippen molar-refractivity contribution in [2.75, 3.05) is 0 Å². The molecule has 1 rings (SSSR count). The van der Waals surface area contributed by atoms with E-state index in [1.54, 1.807) is 0 Å². The highest BCUT2D eigenvalue weighted by Crippen LogP contribution is 2.21. The van der Waals surface area contributed by atoms with Gasteiger partial charge in [-0.3, -0.25) is 0 Å². The lowest BCUT2D eigenvalue weighted by Crippen LogP contribution is -1.87. The normalized spacial score (nSPS) is 9.62. The first-order valence-corrected chi connectivity index (χ1v) is 5.89. The molecule has 0 atom stereocenters. The van der Waals surface area contributed by atoms with Gasteiger partial charge >= 0.3 is 0 Å². The van der Waals surface area contributed by atoms with Gasteiger partial charge in [0.05, 0.1) is 6.07 Å². The summed E-state index contributed by atoms with van der Waals surface area (Å²) in [5.74, 6) is 0. The minimum Gasteiger partial charge on any atom is -0.198 e. The second kappa shape index (κ2) is 5.41. The lowest BCUT2D eigenvalue weighted by Gasteiger charge is -2.03. The van der Waals surface area contributed by atoms with Gasteiger partial charge in [0.15, 0.2) is 0 Å². The molecule has 0 aliphatic carbocycles. The summed E-state index contributed by atoms with van der Waals surface area (Å²) in [5, 5.41) is 9.31. The van der Waals surface area contributed by atoms with Gasteiger partial charge < -0.3 is 0 Å². The zero-order chi connectivity index (χ0) is 9.68. The fourth-order valence-electron chi connectivity index (χ4n) is 1.07. The highest BCUT2D eigenvalue weighted by atomic mass is 79.9. The molecule has 1 aromatic carbocycles. The van der Waals surface area contributed by atoms with E-state index in [9.17, 15) is 0 Å². The van der Waals surface area contributed by atoms with Crippen LogP contribution in [0.4, 0.5) is 0 Å². The molecule has 0 unspecified atom stereocenters. The highest BCUT2D eigenvalue weighted by Gasteiger charge is 2.00. The lowest BCUT2D eigenvalue weighted by atomic mass is 10.1. The van der Waals surface area contributed by atoms with E-state index in [4.69, 9.17) is 5.26 Å². The van der Waals surface area contributed by atoms with Crippen molar-refractivity contribution in [3.8, 4) is 6.07 Å². The van der Waals surface area contributed by atoms with Crippen LogP contribution in [-0.4, -0.2) is 0 Å². The molecular weight excluding hydrogens is 294 g/mol. The van der Waals surface area contributed by atoms with Crippen molar-refractivity contribution in [3.05, 3.63) is 33.8 Å². The molecule has 68 valence electrons. The van der Waals surface area contributed by atoms with Crippen molar-refractivity contribution in [1.82, 2.24) is 0 Å². The molecule has 0 heterocycles. The number of nitriles is 1. The Morgan fingerprint density at radius 3 is 2.69 bits per heavy atom. The van der Waals surface area contributed by atoms with Crippen LogP contribution in [-0.2, 0) is 11.8 Å². The Kier molecular flexibility index (Phi) is 4.47. The molecule has 0 bridgehead atoms. The lowest BCUT2D eigenvalue weighted by molar-refractivity contribution is 1.00. The van der Waals surface area contributed by atoms with Gasteiger partial charge in [0.1, 0.15) is 0 Å². The number of halogens is 2. The second-order valence-corrected chi connectivity index (χ2v) is 4.13. The summed E-state index contributed by atoms with van der Waals surface area (Å²) in [6.07, 6.45) is 1.39. The molecule has 0 radical (unpaired) electrons. The van der Waals surface area contributed by atoms with E-state index in [1.807, 2.05) is 0 Å². The average molecular weight is 303 g/mol. The van der Waals surface area contributed by atoms with Crippen molar-refractivity contribution in [3.63, 3.8) is 0 Å². The van der Waals surface area contributed by atoms with E-state index in [0.717, 1.165) is 16.2 Å². The first-order valence-electron chi connectivity index (χ1n) is 3.98. The molecule has 13 heavy (non-hydrogen) atoms. The minimum atomic E-state index is 0.576. The third-order valence-electron chi connectivity index (χ3n) is 1.78. The van der Waals surface area contributed by atoms with Gasteiger partial charge in [-0.2, -0.15) is 5.26 Å². The first kappa shape index (κ1) is 10.7. The van der Waals surface area contributed by atoms with Crippen LogP contribution >= 0.6 is 31.9 Å². The Labute approximate surface area is 95.0 Å². The molecule has 3 heteroatoms. The molecule has 1 nitrogen and oxygen atoms in total. The molecule has 0 N–H and O–H groups in total. The van der Waals surface area contributed by atoms with E-state index in [2.05, 4.69) is 56.1 Å². The smallest absolute Gasteiger partial charge is 0.0625 e. The standard InChI is InChI=1S/C10H9Br2N/c11-7-8-3-4-9(2-1-5-13)10(12)6-8/h3-4,6H,1-2,7H2. The Bertz CT molecular complexity index is 328. The van der Waals surface area contributed by atoms with Crippen molar-refractivity contribution in [2.45, 2.75) is 18.2 Å². The van der Waals surface area contributed by atoms with Gasteiger partial charge in [0.2, 0.25) is 0 Å². The first-order chi connectivity index (χ1) is 6.27. The van der Waals surface area contributed by atoms with Crippen LogP contribution in [0.3, 0.4) is 0 Å². The van der Waals surface area contributed by atoms with E-state index >= 15 is 0 Å². The van der Waals surface area contributed by atoms with Gasteiger partial charge in [-0.1, -0.05) is 44.0 Å². The van der Waals surface area contributed by atoms with Crippen LogP contribution in [0.2, 0.25) is 0 Å². The van der Waals surface area contributed by atoms with E-state index < -0.39 is 0 Å². The summed E-state index contributed by atoms with van der Waals surface area (Å²) in [7, 11) is 0. The van der Waals surface area contributed by atoms with Crippen LogP contribution in [0.5, 0.6) is 0 Å². The van der Waals surface area contributed by atoms with Crippen molar-refractivity contribution < 1.29 is 0 Å². The molecule has 1 aromatic rings. The minimum absolute atomic E-state index is 0.576. The quantitative estimate of drug-likeness (QED) is 0.779. The largest absolute Gasteiger partial charge is 0.198 e. The maximum atomic E-state index is 8.45. The topological polar surface area (TPSA) is 23.8 Å². The fourth-order valence-corrected chi connectivity index (χ4v) is 2.04. The molecule has 0 aliphatic rings. The zero-order valence-corrected chi connectivity index (χ0v) is 10.2. The number of alkyl halides is 1. The van der Waals surface area contributed by atoms with Gasteiger partial charge in [-0.25, -0.2) is 0 Å². The summed E-state index contributed by atoms with van der Waals surface area (Å²) in [6, 6.07) is 8.37. The number of nitrogens with zero attached hydrogens (tertiary/aromatic N) is 1. The van der Waals surface area contributed by atoms with Crippen LogP contribution < -0.4 is 0 Å². The van der Waals surface area contributed by atoms with E-state index in [0.29, 0.717) is 6.42 Å². The summed E-state index contributed by atoms with van der Waals surface area (Å²) < 4.78 is 1.10. The zero-order valence-electron chi connectivity index (χ0n) is 7.06. The van der Waals surface area contributed by atoms with Gasteiger partial charge in [-0.05, 0) is 23.6 Å². The van der Waals surface area contributed by atoms with Crippen LogP contribution in [0.15, 0.2) is 22.7 Å². The SMILES string of the molecule is N#CCCc1ccc(CBr)cc1Br. The van der Waals surface area contributed by atoms with E-state index in [-0.39, 0.29) is 0 Å². The number of rotatable bonds is 3. The van der Waals surface area contributed by atoms with Crippen molar-refractivity contribution in [2.24, 2.45) is 0 Å². The summed E-state index contributed by atoms with van der Waals surface area (Å²) in [4.78, 5) is 0. The molecule has 0 saturated carbocycles. The molecule has 0 amide bonds. The third-order valence-corrected chi connectivity index (χ3v) is 3.16. The fraction of sp³-hybridized carbons (Fsp3) is 0.300. The monoisotopic (exact) mass is 301 g/mol. The molecule has 0 fully saturated rings. The Morgan fingerprint density at radius 2 is 2.15 bits per heavy atom. The van der Waals surface area contributed by atoms with Gasteiger partial charge in [0, 0.05) is 16.2 Å². The Balaban J connectivity index is 2.80. The molecule has 0 spiro atoms. The van der Waals surface area contributed by atoms with Crippen molar-refractivity contribution in [1.29, 1.82) is 5.26 Å². The van der Waals surface area contributed by atoms with Crippen LogP contribution in [0.1, 0.15) is 17.5 Å². The number of aryl methyl sites for hydroxylation is 1. The van der Waals surface area contributed by atoms with Crippen molar-refractivity contribution >= 4 is 31.9 Å². The maximum absolute atomic E-state index is 8.45. The van der Waals surface area contributed by atoms with Gasteiger partial charge in [-0.15, -0.1) is 0 Å². The third kappa shape index (κ3) is 3.13. The highest BCUT2D eigenvalue weighted by molar-refractivity contribution is 9.10. The summed E-state index contributed by atoms with van der Waals surface area (Å²) >= 11 is 6.88. The molecule has 0 aromatic heterocycles. The second-order valence-electron chi connectivity index (χ2n) is 2.72. The maximum Gasteiger partial charge on any atom is 0.0625 e. The number of benzene rings is 1. The average Bonchev–Trinajstić information content (AvgIpc) is 2.16.